The summed E-state index contributed by atoms with van der Waals surface area (Å²) in [5.74, 6) is 1.16. The summed E-state index contributed by atoms with van der Waals surface area (Å²) < 4.78 is 29.8. The molecule has 2 N–H and O–H groups in total. The van der Waals surface area contributed by atoms with Crippen LogP contribution in [0.3, 0.4) is 0 Å². The Balaban J connectivity index is 1.62. The highest BCUT2D eigenvalue weighted by Gasteiger charge is 2.40. The number of aromatic nitrogens is 2. The maximum Gasteiger partial charge on any atom is 0.262 e. The quantitative estimate of drug-likeness (QED) is 0.898. The predicted octanol–water partition coefficient (Wildman–Crippen LogP) is 1.58. The number of sulfonamides is 1. The van der Waals surface area contributed by atoms with Crippen LogP contribution in [0.2, 0.25) is 0 Å². The fraction of sp³-hybridized carbons (Fsp3) is 0.500. The first-order valence-corrected chi connectivity index (χ1v) is 10.3. The van der Waals surface area contributed by atoms with Gasteiger partial charge in [0, 0.05) is 38.2 Å². The van der Waals surface area contributed by atoms with Gasteiger partial charge < -0.3 is 10.3 Å². The normalized spacial score (nSPS) is 24.4. The summed E-state index contributed by atoms with van der Waals surface area (Å²) in [5.41, 5.74) is 7.10. The van der Waals surface area contributed by atoms with Crippen LogP contribution < -0.4 is 5.73 Å². The second kappa shape index (κ2) is 6.55. The van der Waals surface area contributed by atoms with Crippen molar-refractivity contribution < 1.29 is 8.42 Å². The molecule has 25 heavy (non-hydrogen) atoms. The molecule has 134 valence electrons. The van der Waals surface area contributed by atoms with E-state index in [-0.39, 0.29) is 16.9 Å². The highest BCUT2D eigenvalue weighted by molar-refractivity contribution is 7.89. The number of nitrogens with two attached hydrogens (primary N) is 1. The molecule has 0 bridgehead atoms. The number of rotatable bonds is 4. The standard InChI is InChI=1S/C18H24N4O2S/c19-10-15-11-22(12-16(15)14-6-2-1-3-7-14)25(23,24)18-13-21-9-5-4-8-17(21)20-18/h1-3,6-7,13,15-16H,4-5,8-12,19H2/t15-,16+/m1/s1. The first-order valence-electron chi connectivity index (χ1n) is 8.91. The van der Waals surface area contributed by atoms with E-state index < -0.39 is 10.0 Å². The number of nitrogens with zero attached hydrogens (tertiary/aromatic N) is 3. The van der Waals surface area contributed by atoms with Gasteiger partial charge in [-0.3, -0.25) is 0 Å². The molecule has 2 aliphatic rings. The number of hydrogen-bond acceptors (Lipinski definition) is 4. The summed E-state index contributed by atoms with van der Waals surface area (Å²) in [7, 11) is -3.57. The van der Waals surface area contributed by atoms with Crippen molar-refractivity contribution in [3.63, 3.8) is 0 Å². The first kappa shape index (κ1) is 16.8. The molecule has 7 heteroatoms. The molecule has 2 aromatic rings. The van der Waals surface area contributed by atoms with Crippen molar-refractivity contribution in [3.05, 3.63) is 47.9 Å². The van der Waals surface area contributed by atoms with E-state index in [1.54, 1.807) is 10.5 Å². The summed E-state index contributed by atoms with van der Waals surface area (Å²) in [6, 6.07) is 10.1. The van der Waals surface area contributed by atoms with Gasteiger partial charge in [-0.25, -0.2) is 13.4 Å². The van der Waals surface area contributed by atoms with Crippen LogP contribution in [0.1, 0.15) is 30.1 Å². The fourth-order valence-corrected chi connectivity index (χ4v) is 5.48. The third kappa shape index (κ3) is 3.01. The van der Waals surface area contributed by atoms with Crippen LogP contribution in [-0.2, 0) is 23.0 Å². The van der Waals surface area contributed by atoms with Crippen molar-refractivity contribution >= 4 is 10.0 Å². The van der Waals surface area contributed by atoms with Crippen molar-refractivity contribution in [2.75, 3.05) is 19.6 Å². The van der Waals surface area contributed by atoms with Gasteiger partial charge in [0.15, 0.2) is 5.03 Å². The summed E-state index contributed by atoms with van der Waals surface area (Å²) in [6.45, 7) is 2.26. The Kier molecular flexibility index (Phi) is 4.39. The van der Waals surface area contributed by atoms with Gasteiger partial charge in [-0.15, -0.1) is 0 Å². The lowest BCUT2D eigenvalue weighted by Gasteiger charge is -2.16. The molecular formula is C18H24N4O2S. The SMILES string of the molecule is NC[C@@H]1CN(S(=O)(=O)c2cn3c(n2)CCCC3)C[C@H]1c1ccccc1. The van der Waals surface area contributed by atoms with E-state index in [1.165, 1.54) is 0 Å². The van der Waals surface area contributed by atoms with Gasteiger partial charge in [0.05, 0.1) is 0 Å². The van der Waals surface area contributed by atoms with E-state index in [4.69, 9.17) is 5.73 Å². The van der Waals surface area contributed by atoms with Gasteiger partial charge in [-0.2, -0.15) is 4.31 Å². The molecule has 0 unspecified atom stereocenters. The Hall–Kier alpha value is -1.70. The molecule has 2 aliphatic heterocycles. The molecule has 4 rings (SSSR count). The van der Waals surface area contributed by atoms with E-state index in [0.29, 0.717) is 19.6 Å². The Morgan fingerprint density at radius 3 is 2.68 bits per heavy atom. The number of hydrogen-bond donors (Lipinski definition) is 1. The number of fused-ring (bicyclic) bond motifs is 1. The maximum atomic E-state index is 13.1. The second-order valence-electron chi connectivity index (χ2n) is 6.98. The van der Waals surface area contributed by atoms with Crippen molar-refractivity contribution in [3.8, 4) is 0 Å². The summed E-state index contributed by atoms with van der Waals surface area (Å²) >= 11 is 0. The van der Waals surface area contributed by atoms with Crippen LogP contribution in [-0.4, -0.2) is 41.9 Å². The number of aryl methyl sites for hydroxylation is 2. The lowest BCUT2D eigenvalue weighted by atomic mass is 9.89. The zero-order valence-electron chi connectivity index (χ0n) is 14.2. The van der Waals surface area contributed by atoms with Crippen molar-refractivity contribution in [2.24, 2.45) is 11.7 Å². The van der Waals surface area contributed by atoms with Crippen LogP contribution in [0.25, 0.3) is 0 Å². The summed E-state index contributed by atoms with van der Waals surface area (Å²) in [5, 5.41) is 0.189. The van der Waals surface area contributed by atoms with Crippen molar-refractivity contribution in [1.29, 1.82) is 0 Å². The van der Waals surface area contributed by atoms with Gasteiger partial charge in [0.25, 0.3) is 10.0 Å². The number of benzene rings is 1. The molecule has 6 nitrogen and oxygen atoms in total. The molecular weight excluding hydrogens is 336 g/mol. The maximum absolute atomic E-state index is 13.1. The first-order chi connectivity index (χ1) is 12.1. The van der Waals surface area contributed by atoms with E-state index in [0.717, 1.165) is 37.2 Å². The monoisotopic (exact) mass is 360 g/mol. The Morgan fingerprint density at radius 2 is 1.96 bits per heavy atom. The largest absolute Gasteiger partial charge is 0.333 e. The van der Waals surface area contributed by atoms with E-state index in [1.807, 2.05) is 22.8 Å². The Labute approximate surface area is 148 Å². The summed E-state index contributed by atoms with van der Waals surface area (Å²) in [4.78, 5) is 4.42. The van der Waals surface area contributed by atoms with E-state index >= 15 is 0 Å². The zero-order chi connectivity index (χ0) is 17.4. The van der Waals surface area contributed by atoms with E-state index in [2.05, 4.69) is 17.1 Å². The lowest BCUT2D eigenvalue weighted by molar-refractivity contribution is 0.456. The molecule has 0 spiro atoms. The minimum absolute atomic E-state index is 0.134. The lowest BCUT2D eigenvalue weighted by Crippen LogP contribution is -2.30. The second-order valence-corrected chi connectivity index (χ2v) is 8.87. The average Bonchev–Trinajstić information content (AvgIpc) is 3.27. The molecule has 1 saturated heterocycles. The minimum atomic E-state index is -3.57. The van der Waals surface area contributed by atoms with Gasteiger partial charge in [0.2, 0.25) is 0 Å². The highest BCUT2D eigenvalue weighted by atomic mass is 32.2. The molecule has 0 radical (unpaired) electrons. The minimum Gasteiger partial charge on any atom is -0.333 e. The predicted molar refractivity (Wildman–Crippen MR) is 95.7 cm³/mol. The fourth-order valence-electron chi connectivity index (χ4n) is 3.99. The summed E-state index contributed by atoms with van der Waals surface area (Å²) in [6.07, 6.45) is 4.72. The van der Waals surface area contributed by atoms with Gasteiger partial charge in [-0.1, -0.05) is 30.3 Å². The van der Waals surface area contributed by atoms with E-state index in [9.17, 15) is 8.42 Å². The smallest absolute Gasteiger partial charge is 0.262 e. The van der Waals surface area contributed by atoms with Crippen molar-refractivity contribution in [1.82, 2.24) is 13.9 Å². The molecule has 3 heterocycles. The third-order valence-corrected chi connectivity index (χ3v) is 7.13. The topological polar surface area (TPSA) is 81.2 Å². The molecule has 2 atom stereocenters. The van der Waals surface area contributed by atoms with Gasteiger partial charge in [0.1, 0.15) is 5.82 Å². The van der Waals surface area contributed by atoms with Crippen LogP contribution in [0.5, 0.6) is 0 Å². The van der Waals surface area contributed by atoms with Gasteiger partial charge in [-0.05, 0) is 30.9 Å². The molecule has 0 amide bonds. The average molecular weight is 360 g/mol. The molecule has 0 aliphatic carbocycles. The Bertz CT molecular complexity index is 824. The van der Waals surface area contributed by atoms with Gasteiger partial charge >= 0.3 is 0 Å². The molecule has 1 aromatic heterocycles. The van der Waals surface area contributed by atoms with Crippen LogP contribution >= 0.6 is 0 Å². The van der Waals surface area contributed by atoms with Crippen LogP contribution in [0.15, 0.2) is 41.6 Å². The third-order valence-electron chi connectivity index (χ3n) is 5.43. The number of imidazole rings is 1. The van der Waals surface area contributed by atoms with Crippen LogP contribution in [0.4, 0.5) is 0 Å². The molecule has 1 aromatic carbocycles. The zero-order valence-corrected chi connectivity index (χ0v) is 15.0. The molecule has 1 fully saturated rings. The molecule has 0 saturated carbocycles. The van der Waals surface area contributed by atoms with Crippen LogP contribution in [0, 0.1) is 5.92 Å². The Morgan fingerprint density at radius 1 is 1.16 bits per heavy atom. The van der Waals surface area contributed by atoms with Crippen molar-refractivity contribution in [2.45, 2.75) is 36.8 Å². The highest BCUT2D eigenvalue weighted by Crippen LogP contribution is 2.35.